The quantitative estimate of drug-likeness (QED) is 0.0310. The Morgan fingerprint density at radius 1 is 0.565 bits per heavy atom. The van der Waals surface area contributed by atoms with Crippen molar-refractivity contribution in [1.82, 2.24) is 0 Å². The molecule has 0 amide bonds. The van der Waals surface area contributed by atoms with Gasteiger partial charge >= 0.3 is 29.8 Å². The van der Waals surface area contributed by atoms with Crippen LogP contribution < -0.4 is 23.7 Å². The first-order valence-electron chi connectivity index (χ1n) is 22.6. The average Bonchev–Trinajstić information content (AvgIpc) is 3.33. The van der Waals surface area contributed by atoms with E-state index in [4.69, 9.17) is 33.2 Å². The van der Waals surface area contributed by atoms with Gasteiger partial charge in [0.1, 0.15) is 34.9 Å². The highest BCUT2D eigenvalue weighted by atomic mass is 16.6. The highest BCUT2D eigenvalue weighted by Crippen LogP contribution is 2.30. The zero-order chi connectivity index (χ0) is 49.0. The SMILES string of the molecule is C=CC(=O)Oc1ccc2cc(C(=O)Oc3ccc(OC(=O)c4ccc5cc(OC(C)CC(C)OC(=O)c6ccc7cc(OCCCOC(=O)C(=C)C)ccc7c6)ccc5c4)cc3CCC)ccc2c1. The van der Waals surface area contributed by atoms with Gasteiger partial charge in [-0.3, -0.25) is 0 Å². The molecule has 2 atom stereocenters. The summed E-state index contributed by atoms with van der Waals surface area (Å²) >= 11 is 0. The minimum Gasteiger partial charge on any atom is -0.493 e. The van der Waals surface area contributed by atoms with Gasteiger partial charge in [-0.15, -0.1) is 0 Å². The molecule has 0 N–H and O–H groups in total. The van der Waals surface area contributed by atoms with E-state index in [-0.39, 0.29) is 12.7 Å². The van der Waals surface area contributed by atoms with Crippen LogP contribution in [0.3, 0.4) is 0 Å². The molecule has 0 aliphatic heterocycles. The van der Waals surface area contributed by atoms with Crippen LogP contribution in [-0.4, -0.2) is 55.3 Å². The topological polar surface area (TPSA) is 150 Å². The van der Waals surface area contributed by atoms with E-state index >= 15 is 0 Å². The fourth-order valence-electron chi connectivity index (χ4n) is 7.53. The first-order chi connectivity index (χ1) is 33.2. The van der Waals surface area contributed by atoms with Crippen LogP contribution in [-0.2, 0) is 25.5 Å². The van der Waals surface area contributed by atoms with Crippen LogP contribution >= 0.6 is 0 Å². The maximum Gasteiger partial charge on any atom is 0.343 e. The van der Waals surface area contributed by atoms with Crippen molar-refractivity contribution in [2.24, 2.45) is 0 Å². The second-order valence-corrected chi connectivity index (χ2v) is 16.6. The Morgan fingerprint density at radius 2 is 1.07 bits per heavy atom. The molecule has 0 radical (unpaired) electrons. The van der Waals surface area contributed by atoms with Crippen LogP contribution in [0.1, 0.15) is 83.6 Å². The van der Waals surface area contributed by atoms with Crippen molar-refractivity contribution in [2.75, 3.05) is 13.2 Å². The lowest BCUT2D eigenvalue weighted by atomic mass is 10.1. The Balaban J connectivity index is 0.896. The number of hydrogen-bond acceptors (Lipinski definition) is 12. The summed E-state index contributed by atoms with van der Waals surface area (Å²) in [5.41, 5.74) is 2.19. The van der Waals surface area contributed by atoms with E-state index in [9.17, 15) is 24.0 Å². The third kappa shape index (κ3) is 13.0. The lowest BCUT2D eigenvalue weighted by Gasteiger charge is -2.20. The molecule has 0 spiro atoms. The number of fused-ring (bicyclic) bond motifs is 3. The molecule has 2 unspecified atom stereocenters. The Bertz CT molecular complexity index is 3100. The zero-order valence-electron chi connectivity index (χ0n) is 38.9. The van der Waals surface area contributed by atoms with Gasteiger partial charge < -0.3 is 33.2 Å². The average molecular weight is 929 g/mol. The van der Waals surface area contributed by atoms with E-state index in [0.717, 1.165) is 44.8 Å². The fraction of sp³-hybridized carbons (Fsp3) is 0.211. The van der Waals surface area contributed by atoms with Crippen LogP contribution in [0.4, 0.5) is 0 Å². The number of ether oxygens (including phenoxy) is 7. The van der Waals surface area contributed by atoms with E-state index in [1.807, 2.05) is 69.3 Å². The third-order valence-electron chi connectivity index (χ3n) is 10.9. The number of aryl methyl sites for hydroxylation is 1. The van der Waals surface area contributed by atoms with Gasteiger partial charge in [-0.25, -0.2) is 24.0 Å². The molecule has 0 saturated heterocycles. The maximum absolute atomic E-state index is 13.4. The number of carbonyl (C=O) groups is 5. The van der Waals surface area contributed by atoms with E-state index < -0.39 is 36.0 Å². The number of carbonyl (C=O) groups excluding carboxylic acids is 5. The van der Waals surface area contributed by atoms with Gasteiger partial charge in [0.15, 0.2) is 0 Å². The van der Waals surface area contributed by atoms with Crippen LogP contribution in [0, 0.1) is 0 Å². The lowest BCUT2D eigenvalue weighted by molar-refractivity contribution is -0.139. The molecule has 12 nitrogen and oxygen atoms in total. The summed E-state index contributed by atoms with van der Waals surface area (Å²) in [6, 6.07) is 36.9. The van der Waals surface area contributed by atoms with Crippen LogP contribution in [0.25, 0.3) is 32.3 Å². The van der Waals surface area contributed by atoms with Gasteiger partial charge in [0.05, 0.1) is 36.0 Å². The van der Waals surface area contributed by atoms with Crippen molar-refractivity contribution in [2.45, 2.75) is 65.6 Å². The normalized spacial score (nSPS) is 11.8. The van der Waals surface area contributed by atoms with Gasteiger partial charge in [0.2, 0.25) is 0 Å². The Labute approximate surface area is 400 Å². The second-order valence-electron chi connectivity index (χ2n) is 16.6. The Hall–Kier alpha value is -8.25. The van der Waals surface area contributed by atoms with Crippen molar-refractivity contribution in [3.05, 3.63) is 174 Å². The van der Waals surface area contributed by atoms with Gasteiger partial charge in [-0.05, 0) is 156 Å². The first kappa shape index (κ1) is 48.7. The van der Waals surface area contributed by atoms with Gasteiger partial charge in [0, 0.05) is 24.5 Å². The Morgan fingerprint density at radius 3 is 1.68 bits per heavy atom. The molecule has 0 aromatic heterocycles. The summed E-state index contributed by atoms with van der Waals surface area (Å²) in [4.78, 5) is 62.9. The minimum atomic E-state index is -0.564. The summed E-state index contributed by atoms with van der Waals surface area (Å²) < 4.78 is 39.8. The van der Waals surface area contributed by atoms with E-state index in [0.29, 0.717) is 82.4 Å². The summed E-state index contributed by atoms with van der Waals surface area (Å²) in [6.07, 6.45) is 2.68. The largest absolute Gasteiger partial charge is 0.493 e. The third-order valence-corrected chi connectivity index (χ3v) is 10.9. The highest BCUT2D eigenvalue weighted by molar-refractivity contribution is 5.99. The molecular formula is C57H52O12. The van der Waals surface area contributed by atoms with Crippen LogP contribution in [0.15, 0.2) is 152 Å². The van der Waals surface area contributed by atoms with Gasteiger partial charge in [-0.2, -0.15) is 0 Å². The molecule has 0 fully saturated rings. The van der Waals surface area contributed by atoms with Gasteiger partial charge in [-0.1, -0.05) is 62.9 Å². The predicted molar refractivity (Wildman–Crippen MR) is 263 cm³/mol. The molecule has 7 aromatic rings. The minimum absolute atomic E-state index is 0.241. The monoisotopic (exact) mass is 928 g/mol. The fourth-order valence-corrected chi connectivity index (χ4v) is 7.53. The molecule has 0 heterocycles. The van der Waals surface area contributed by atoms with Crippen LogP contribution in [0.2, 0.25) is 0 Å². The van der Waals surface area contributed by atoms with Crippen LogP contribution in [0.5, 0.6) is 28.7 Å². The molecule has 0 saturated carbocycles. The molecule has 0 aliphatic carbocycles. The molecule has 0 aliphatic rings. The molecule has 12 heteroatoms. The maximum atomic E-state index is 13.4. The van der Waals surface area contributed by atoms with E-state index in [1.165, 1.54) is 0 Å². The predicted octanol–water partition coefficient (Wildman–Crippen LogP) is 11.9. The molecule has 7 rings (SSSR count). The number of rotatable bonds is 20. The molecule has 0 bridgehead atoms. The number of esters is 5. The summed E-state index contributed by atoms with van der Waals surface area (Å²) in [5.74, 6) is -0.184. The summed E-state index contributed by atoms with van der Waals surface area (Å²) in [6.45, 7) is 14.9. The summed E-state index contributed by atoms with van der Waals surface area (Å²) in [5, 5.41) is 4.96. The standard InChI is InChI=1S/C57H52O12/c1-7-10-44-34-51(23-24-52(44)69-57(62)47-16-13-43-33-50(67-53(58)8-2)22-19-40(43)30-47)68-56(61)46-15-12-42-32-49(21-18-39(42)29-46)65-36(5)27-37(6)66-55(60)45-14-11-41-31-48(20-17-38(41)28-45)63-25-9-26-64-54(59)35(3)4/h8,11-24,28-34,36-37H,2-3,7,9-10,25-27H2,1,4-6H3. The zero-order valence-corrected chi connectivity index (χ0v) is 38.9. The van der Waals surface area contributed by atoms with Crippen molar-refractivity contribution >= 4 is 62.2 Å². The second kappa shape index (κ2) is 22.5. The lowest BCUT2D eigenvalue weighted by Crippen LogP contribution is -2.23. The number of benzene rings is 7. The Kier molecular flexibility index (Phi) is 15.9. The van der Waals surface area contributed by atoms with E-state index in [2.05, 4.69) is 13.2 Å². The van der Waals surface area contributed by atoms with Crippen molar-refractivity contribution in [3.8, 4) is 28.7 Å². The highest BCUT2D eigenvalue weighted by Gasteiger charge is 2.19. The molecular weight excluding hydrogens is 877 g/mol. The first-order valence-corrected chi connectivity index (χ1v) is 22.6. The van der Waals surface area contributed by atoms with E-state index in [1.54, 1.807) is 85.8 Å². The van der Waals surface area contributed by atoms with Crippen molar-refractivity contribution in [1.29, 1.82) is 0 Å². The molecule has 352 valence electrons. The summed E-state index contributed by atoms with van der Waals surface area (Å²) in [7, 11) is 0. The van der Waals surface area contributed by atoms with Crippen molar-refractivity contribution in [3.63, 3.8) is 0 Å². The molecule has 69 heavy (non-hydrogen) atoms. The molecule has 7 aromatic carbocycles. The smallest absolute Gasteiger partial charge is 0.343 e. The van der Waals surface area contributed by atoms with Crippen molar-refractivity contribution < 1.29 is 57.1 Å². The van der Waals surface area contributed by atoms with Gasteiger partial charge in [0.25, 0.3) is 0 Å². The number of hydrogen-bond donors (Lipinski definition) is 0.